The number of carbonyl (C=O) groups excluding carboxylic acids is 1. The Morgan fingerprint density at radius 3 is 2.80 bits per heavy atom. The van der Waals surface area contributed by atoms with E-state index in [1.807, 2.05) is 0 Å². The van der Waals surface area contributed by atoms with Crippen LogP contribution in [0.1, 0.15) is 17.4 Å². The van der Waals surface area contributed by atoms with Crippen molar-refractivity contribution in [3.63, 3.8) is 0 Å². The van der Waals surface area contributed by atoms with Crippen LogP contribution in [0.2, 0.25) is 0 Å². The van der Waals surface area contributed by atoms with Crippen LogP contribution >= 0.6 is 0 Å². The van der Waals surface area contributed by atoms with Crippen LogP contribution in [0.3, 0.4) is 0 Å². The van der Waals surface area contributed by atoms with Gasteiger partial charge in [0, 0.05) is 37.7 Å². The zero-order chi connectivity index (χ0) is 13.8. The largest absolute Gasteiger partial charge is 0.471 e. The number of benzene rings is 1. The van der Waals surface area contributed by atoms with Crippen LogP contribution in [-0.4, -0.2) is 22.5 Å². The fourth-order valence-electron chi connectivity index (χ4n) is 1.75. The van der Waals surface area contributed by atoms with E-state index in [4.69, 9.17) is 4.74 Å². The zero-order valence-electron chi connectivity index (χ0n) is 10.6. The molecule has 0 aliphatic carbocycles. The molecule has 1 aromatic carbocycles. The maximum absolute atomic E-state index is 11.7. The van der Waals surface area contributed by atoms with Crippen LogP contribution in [0.25, 0.3) is 11.1 Å². The first-order valence-corrected chi connectivity index (χ1v) is 5.65. The molecule has 0 bridgehead atoms. The summed E-state index contributed by atoms with van der Waals surface area (Å²) < 4.78 is 4.89. The van der Waals surface area contributed by atoms with Gasteiger partial charge in [0.15, 0.2) is 0 Å². The number of ether oxygens (including phenoxy) is 1. The van der Waals surface area contributed by atoms with E-state index in [-0.39, 0.29) is 39.1 Å². The number of aromatic amines is 1. The Morgan fingerprint density at radius 1 is 1.45 bits per heavy atom. The van der Waals surface area contributed by atoms with Crippen molar-refractivity contribution in [1.82, 2.24) is 4.98 Å². The van der Waals surface area contributed by atoms with Crippen molar-refractivity contribution in [2.75, 3.05) is 6.61 Å². The number of H-pyrrole nitrogens is 1. The van der Waals surface area contributed by atoms with E-state index in [2.05, 4.69) is 11.1 Å². The Bertz CT molecular complexity index is 624. The summed E-state index contributed by atoms with van der Waals surface area (Å²) in [6.45, 7) is 1.92. The van der Waals surface area contributed by atoms with Crippen molar-refractivity contribution in [3.05, 3.63) is 52.3 Å². The summed E-state index contributed by atoms with van der Waals surface area (Å²) in [5.41, 5.74) is 0.752. The van der Waals surface area contributed by atoms with Crippen molar-refractivity contribution in [2.24, 2.45) is 0 Å². The van der Waals surface area contributed by atoms with Crippen LogP contribution < -0.4 is 0 Å². The Labute approximate surface area is 129 Å². The summed E-state index contributed by atoms with van der Waals surface area (Å²) >= 11 is 0. The maximum atomic E-state index is 11.7. The zero-order valence-corrected chi connectivity index (χ0v) is 13.5. The number of para-hydroxylation sites is 1. The molecule has 0 aliphatic rings. The molecule has 0 saturated carbocycles. The predicted octanol–water partition coefficient (Wildman–Crippen LogP) is 2.56. The summed E-state index contributed by atoms with van der Waals surface area (Å²) in [4.78, 5) is 24.9. The third kappa shape index (κ3) is 3.14. The predicted molar refractivity (Wildman–Crippen MR) is 67.7 cm³/mol. The van der Waals surface area contributed by atoms with Gasteiger partial charge in [0.25, 0.3) is 5.97 Å². The molecule has 0 saturated heterocycles. The molecule has 104 valence electrons. The van der Waals surface area contributed by atoms with Crippen LogP contribution in [0.4, 0.5) is 5.69 Å². The summed E-state index contributed by atoms with van der Waals surface area (Å²) in [6.07, 6.45) is 1.43. The normalized spacial score (nSPS) is 9.65. The Hall–Kier alpha value is -1.94. The minimum Gasteiger partial charge on any atom is -0.471 e. The Morgan fingerprint density at radius 2 is 2.15 bits per heavy atom. The van der Waals surface area contributed by atoms with Crippen LogP contribution in [0.5, 0.6) is 0 Å². The smallest absolute Gasteiger partial charge is 0.297 e. The Kier molecular flexibility index (Phi) is 5.64. The van der Waals surface area contributed by atoms with E-state index in [1.165, 1.54) is 12.3 Å². The average molecular weight is 443 g/mol. The molecule has 20 heavy (non-hydrogen) atoms. The first-order valence-electron chi connectivity index (χ1n) is 5.65. The van der Waals surface area contributed by atoms with Crippen LogP contribution in [0, 0.1) is 16.2 Å². The van der Waals surface area contributed by atoms with Crippen LogP contribution in [0.15, 0.2) is 30.5 Å². The van der Waals surface area contributed by atoms with Crippen molar-refractivity contribution in [3.8, 4) is 11.1 Å². The van der Waals surface area contributed by atoms with E-state index in [0.29, 0.717) is 11.1 Å². The number of rotatable bonds is 4. The fraction of sp³-hybridized carbons (Fsp3) is 0.154. The number of nitrogens with one attached hydrogen (secondary N) is 1. The topological polar surface area (TPSA) is 85.2 Å². The molecule has 0 aliphatic heterocycles. The van der Waals surface area contributed by atoms with Crippen molar-refractivity contribution in [1.29, 1.82) is 0 Å². The number of nitrogens with zero attached hydrogens (tertiary/aromatic N) is 1. The molecule has 0 fully saturated rings. The summed E-state index contributed by atoms with van der Waals surface area (Å²) in [7, 11) is 0. The van der Waals surface area contributed by atoms with Gasteiger partial charge in [-0.2, -0.15) is 6.07 Å². The first kappa shape index (κ1) is 16.1. The summed E-state index contributed by atoms with van der Waals surface area (Å²) in [6, 6.07) is 8.98. The van der Waals surface area contributed by atoms with Gasteiger partial charge in [-0.1, -0.05) is 18.3 Å². The van der Waals surface area contributed by atoms with E-state index in [0.717, 1.165) is 0 Å². The second kappa shape index (κ2) is 7.01. The van der Waals surface area contributed by atoms with E-state index in [9.17, 15) is 14.9 Å². The number of nitro groups is 1. The number of hydrogen-bond acceptors (Lipinski definition) is 4. The molecule has 0 atom stereocenters. The van der Waals surface area contributed by atoms with Crippen molar-refractivity contribution >= 4 is 11.7 Å². The number of nitro benzene ring substituents is 1. The minimum atomic E-state index is -0.558. The molecule has 0 amide bonds. The molecular formula is C13H11N2O4W-. The van der Waals surface area contributed by atoms with Gasteiger partial charge in [0.2, 0.25) is 5.69 Å². The molecule has 7 heteroatoms. The number of carbonyl (C=O) groups is 1. The second-order valence-electron chi connectivity index (χ2n) is 3.68. The van der Waals surface area contributed by atoms with Gasteiger partial charge >= 0.3 is 0 Å². The average Bonchev–Trinajstić information content (AvgIpc) is 2.88. The number of aromatic nitrogens is 1. The Balaban J connectivity index is 0.00000200. The van der Waals surface area contributed by atoms with E-state index in [1.54, 1.807) is 25.1 Å². The molecule has 0 spiro atoms. The summed E-state index contributed by atoms with van der Waals surface area (Å²) in [5.74, 6) is -0.558. The fourth-order valence-corrected chi connectivity index (χ4v) is 1.75. The molecule has 0 radical (unpaired) electrons. The van der Waals surface area contributed by atoms with Crippen molar-refractivity contribution in [2.45, 2.75) is 6.92 Å². The molecule has 1 N–H and O–H groups in total. The molecule has 2 aromatic rings. The monoisotopic (exact) mass is 443 g/mol. The maximum Gasteiger partial charge on any atom is 0.297 e. The molecule has 2 rings (SSSR count). The van der Waals surface area contributed by atoms with Gasteiger partial charge in [-0.3, -0.25) is 14.9 Å². The van der Waals surface area contributed by atoms with Gasteiger partial charge in [-0.25, -0.2) is 0 Å². The van der Waals surface area contributed by atoms with E-state index < -0.39 is 10.9 Å². The molecular weight excluding hydrogens is 432 g/mol. The van der Waals surface area contributed by atoms with Gasteiger partial charge in [-0.15, -0.1) is 11.6 Å². The molecule has 1 heterocycles. The van der Waals surface area contributed by atoms with Gasteiger partial charge in [-0.05, 0) is 12.5 Å². The molecule has 1 aromatic heterocycles. The van der Waals surface area contributed by atoms with Crippen LogP contribution in [-0.2, 0) is 25.8 Å². The molecule has 6 nitrogen and oxygen atoms in total. The van der Waals surface area contributed by atoms with E-state index >= 15 is 0 Å². The quantitative estimate of drug-likeness (QED) is 0.341. The van der Waals surface area contributed by atoms with Gasteiger partial charge < -0.3 is 9.72 Å². The van der Waals surface area contributed by atoms with Gasteiger partial charge in [0.1, 0.15) is 0 Å². The summed E-state index contributed by atoms with van der Waals surface area (Å²) in [5, 5.41) is 11.0. The standard InChI is InChI=1S/C13H11N2O4.W/c1-2-19-13(16)12-10(7-8-14-12)9-5-3-4-6-11(9)15(17)18;/h3-6,8,14H,2H2,1H3;/q-1;. The minimum absolute atomic E-state index is 0. The van der Waals surface area contributed by atoms with Crippen molar-refractivity contribution < 1.29 is 35.5 Å². The molecule has 0 unspecified atom stereocenters. The van der Waals surface area contributed by atoms with Gasteiger partial charge in [0.05, 0.1) is 6.61 Å². The first-order chi connectivity index (χ1) is 9.15. The third-order valence-corrected chi connectivity index (χ3v) is 2.53. The second-order valence-corrected chi connectivity index (χ2v) is 3.68. The number of esters is 1. The third-order valence-electron chi connectivity index (χ3n) is 2.53. The SMILES string of the molecule is CCOC(=O)c1[nH]c[c-]c1-c1ccccc1[N+](=O)[O-].[W]. The number of hydrogen-bond donors (Lipinski definition) is 1.